The van der Waals surface area contributed by atoms with Crippen molar-refractivity contribution in [3.05, 3.63) is 15.7 Å². The molecule has 1 fully saturated rings. The van der Waals surface area contributed by atoms with Crippen LogP contribution in [0.2, 0.25) is 0 Å². The third-order valence-corrected chi connectivity index (χ3v) is 5.19. The Balaban J connectivity index is 1.69. The smallest absolute Gasteiger partial charge is 0.410 e. The summed E-state index contributed by atoms with van der Waals surface area (Å²) < 4.78 is 22.6. The average Bonchev–Trinajstić information content (AvgIpc) is 2.92. The lowest BCUT2D eigenvalue weighted by atomic mass is 10.0. The molecule has 1 amide bonds. The standard InChI is InChI=1S/C18H26FIN6O2/c1-10(2)15-23-14(20)13-8-21-16(24-26(13)15)22-12-6-7-25(9-11(12)19)17(27)28-18(3,4)5/h8,10-12H,6-7,9H2,1-5H3,(H,22,24)/t11-,12-/m1/s1. The van der Waals surface area contributed by atoms with Crippen LogP contribution in [-0.4, -0.2) is 61.5 Å². The monoisotopic (exact) mass is 504 g/mol. The molecule has 1 N–H and O–H groups in total. The van der Waals surface area contributed by atoms with E-state index in [0.717, 1.165) is 15.0 Å². The topological polar surface area (TPSA) is 84.7 Å². The van der Waals surface area contributed by atoms with Crippen molar-refractivity contribution in [2.75, 3.05) is 18.4 Å². The van der Waals surface area contributed by atoms with E-state index < -0.39 is 23.9 Å². The van der Waals surface area contributed by atoms with Gasteiger partial charge in [0.1, 0.15) is 26.8 Å². The van der Waals surface area contributed by atoms with E-state index in [9.17, 15) is 9.18 Å². The van der Waals surface area contributed by atoms with E-state index in [0.29, 0.717) is 18.9 Å². The van der Waals surface area contributed by atoms with Gasteiger partial charge in [0.05, 0.1) is 18.8 Å². The lowest BCUT2D eigenvalue weighted by Gasteiger charge is -2.35. The number of amides is 1. The number of aromatic nitrogens is 4. The van der Waals surface area contributed by atoms with Crippen LogP contribution in [0.1, 0.15) is 52.8 Å². The molecule has 28 heavy (non-hydrogen) atoms. The van der Waals surface area contributed by atoms with Gasteiger partial charge in [0.2, 0.25) is 5.95 Å². The molecule has 2 aromatic rings. The molecule has 0 radical (unpaired) electrons. The van der Waals surface area contributed by atoms with Crippen LogP contribution in [0.25, 0.3) is 5.52 Å². The number of imidazole rings is 1. The van der Waals surface area contributed by atoms with Crippen molar-refractivity contribution in [2.45, 2.75) is 64.8 Å². The molecule has 3 rings (SSSR count). The highest BCUT2D eigenvalue weighted by Crippen LogP contribution is 2.22. The van der Waals surface area contributed by atoms with Gasteiger partial charge in [-0.2, -0.15) is 0 Å². The van der Waals surface area contributed by atoms with Crippen LogP contribution < -0.4 is 5.32 Å². The van der Waals surface area contributed by atoms with Gasteiger partial charge >= 0.3 is 6.09 Å². The normalized spacial score (nSPS) is 20.6. The van der Waals surface area contributed by atoms with Gasteiger partial charge in [-0.15, -0.1) is 5.10 Å². The summed E-state index contributed by atoms with van der Waals surface area (Å²) in [5.74, 6) is 1.38. The highest BCUT2D eigenvalue weighted by atomic mass is 127. The molecule has 0 bridgehead atoms. The number of hydrogen-bond donors (Lipinski definition) is 1. The Morgan fingerprint density at radius 3 is 2.75 bits per heavy atom. The SMILES string of the molecule is CC(C)c1nc(I)c2cnc(N[C@@H]3CCN(C(=O)OC(C)(C)C)C[C@H]3F)nn12. The molecule has 3 heterocycles. The summed E-state index contributed by atoms with van der Waals surface area (Å²) in [6.45, 7) is 9.87. The predicted octanol–water partition coefficient (Wildman–Crippen LogP) is 3.61. The maximum Gasteiger partial charge on any atom is 0.410 e. The van der Waals surface area contributed by atoms with Crippen LogP contribution >= 0.6 is 22.6 Å². The van der Waals surface area contributed by atoms with E-state index in [1.807, 2.05) is 13.8 Å². The molecule has 0 unspecified atom stereocenters. The largest absolute Gasteiger partial charge is 0.444 e. The van der Waals surface area contributed by atoms with Crippen LogP contribution in [0.15, 0.2) is 6.20 Å². The maximum absolute atomic E-state index is 14.7. The molecule has 1 saturated heterocycles. The second-order valence-corrected chi connectivity index (χ2v) is 9.30. The second-order valence-electron chi connectivity index (χ2n) is 8.28. The molecule has 2 aromatic heterocycles. The first-order valence-corrected chi connectivity index (χ1v) is 10.4. The van der Waals surface area contributed by atoms with E-state index in [-0.39, 0.29) is 12.5 Å². The molecular formula is C18H26FIN6O2. The highest BCUT2D eigenvalue weighted by Gasteiger charge is 2.34. The number of nitrogens with zero attached hydrogens (tertiary/aromatic N) is 5. The minimum Gasteiger partial charge on any atom is -0.444 e. The van der Waals surface area contributed by atoms with Gasteiger partial charge in [0.25, 0.3) is 0 Å². The molecule has 1 aliphatic heterocycles. The molecule has 154 valence electrons. The number of nitrogens with one attached hydrogen (secondary N) is 1. The van der Waals surface area contributed by atoms with Crippen LogP contribution in [0, 0.1) is 3.70 Å². The molecule has 8 nitrogen and oxygen atoms in total. The minimum atomic E-state index is -1.24. The number of ether oxygens (including phenoxy) is 1. The number of fused-ring (bicyclic) bond motifs is 1. The van der Waals surface area contributed by atoms with Gasteiger partial charge < -0.3 is 15.0 Å². The van der Waals surface area contributed by atoms with E-state index in [1.54, 1.807) is 31.5 Å². The average molecular weight is 504 g/mol. The Bertz CT molecular complexity index is 866. The predicted molar refractivity (Wildman–Crippen MR) is 112 cm³/mol. The number of piperidine rings is 1. The number of hydrogen-bond acceptors (Lipinski definition) is 6. The Kier molecular flexibility index (Phi) is 5.97. The molecular weight excluding hydrogens is 478 g/mol. The van der Waals surface area contributed by atoms with E-state index in [2.05, 4.69) is 43.0 Å². The number of halogens is 2. The van der Waals surface area contributed by atoms with Crippen LogP contribution in [0.5, 0.6) is 0 Å². The summed E-state index contributed by atoms with van der Waals surface area (Å²) in [6.07, 6.45) is 0.410. The summed E-state index contributed by atoms with van der Waals surface area (Å²) in [5.41, 5.74) is 0.226. The molecule has 0 saturated carbocycles. The molecule has 1 aliphatic rings. The van der Waals surface area contributed by atoms with Crippen LogP contribution in [0.3, 0.4) is 0 Å². The third-order valence-electron chi connectivity index (χ3n) is 4.40. The van der Waals surface area contributed by atoms with Gasteiger partial charge in [0, 0.05) is 12.5 Å². The van der Waals surface area contributed by atoms with Crippen molar-refractivity contribution < 1.29 is 13.9 Å². The van der Waals surface area contributed by atoms with Crippen molar-refractivity contribution in [1.82, 2.24) is 24.5 Å². The van der Waals surface area contributed by atoms with Crippen LogP contribution in [-0.2, 0) is 4.74 Å². The Labute approximate surface area is 177 Å². The number of anilines is 1. The van der Waals surface area contributed by atoms with Crippen molar-refractivity contribution in [3.63, 3.8) is 0 Å². The van der Waals surface area contributed by atoms with Gasteiger partial charge in [0.15, 0.2) is 0 Å². The maximum atomic E-state index is 14.7. The Morgan fingerprint density at radius 1 is 1.43 bits per heavy atom. The summed E-state index contributed by atoms with van der Waals surface area (Å²) in [7, 11) is 0. The van der Waals surface area contributed by atoms with Gasteiger partial charge in [-0.3, -0.25) is 0 Å². The van der Waals surface area contributed by atoms with E-state index in [4.69, 9.17) is 4.74 Å². The quantitative estimate of drug-likeness (QED) is 0.644. The zero-order valence-electron chi connectivity index (χ0n) is 16.7. The first-order valence-electron chi connectivity index (χ1n) is 9.35. The first-order chi connectivity index (χ1) is 13.0. The fourth-order valence-electron chi connectivity index (χ4n) is 3.04. The molecule has 0 spiro atoms. The fraction of sp³-hybridized carbons (Fsp3) is 0.667. The molecule has 0 aromatic carbocycles. The zero-order chi connectivity index (χ0) is 20.6. The first kappa shape index (κ1) is 21.0. The number of alkyl halides is 1. The van der Waals surface area contributed by atoms with Gasteiger partial charge in [-0.1, -0.05) is 13.8 Å². The third kappa shape index (κ3) is 4.64. The van der Waals surface area contributed by atoms with Gasteiger partial charge in [-0.05, 0) is 49.8 Å². The van der Waals surface area contributed by atoms with Crippen molar-refractivity contribution >= 4 is 40.1 Å². The molecule has 0 aliphatic carbocycles. The Hall–Kier alpha value is -1.72. The van der Waals surface area contributed by atoms with Crippen molar-refractivity contribution in [1.29, 1.82) is 0 Å². The molecule has 10 heteroatoms. The summed E-state index contributed by atoms with van der Waals surface area (Å²) in [5, 5.41) is 7.58. The number of rotatable bonds is 3. The van der Waals surface area contributed by atoms with E-state index >= 15 is 0 Å². The van der Waals surface area contributed by atoms with Crippen molar-refractivity contribution in [2.24, 2.45) is 0 Å². The molecule has 2 atom stereocenters. The van der Waals surface area contributed by atoms with Crippen LogP contribution in [0.4, 0.5) is 15.1 Å². The number of carbonyl (C=O) groups is 1. The highest BCUT2D eigenvalue weighted by molar-refractivity contribution is 14.1. The minimum absolute atomic E-state index is 0.0188. The number of likely N-dealkylation sites (tertiary alicyclic amines) is 1. The summed E-state index contributed by atoms with van der Waals surface area (Å²) in [6, 6.07) is -0.471. The van der Waals surface area contributed by atoms with E-state index in [1.165, 1.54) is 4.90 Å². The Morgan fingerprint density at radius 2 is 2.14 bits per heavy atom. The van der Waals surface area contributed by atoms with Gasteiger partial charge in [-0.25, -0.2) is 23.7 Å². The summed E-state index contributed by atoms with van der Waals surface area (Å²) >= 11 is 2.16. The summed E-state index contributed by atoms with van der Waals surface area (Å²) in [4.78, 5) is 22.4. The lowest BCUT2D eigenvalue weighted by Crippen LogP contribution is -2.51. The second kappa shape index (κ2) is 7.96. The number of carbonyl (C=O) groups excluding carboxylic acids is 1. The van der Waals surface area contributed by atoms with Crippen molar-refractivity contribution in [3.8, 4) is 0 Å². The zero-order valence-corrected chi connectivity index (χ0v) is 18.9. The fourth-order valence-corrected chi connectivity index (χ4v) is 3.65. The lowest BCUT2D eigenvalue weighted by molar-refractivity contribution is 0.0125.